The Balaban J connectivity index is 1.45. The van der Waals surface area contributed by atoms with Crippen LogP contribution in [-0.4, -0.2) is 55.1 Å². The molecule has 0 radical (unpaired) electrons. The molecule has 1 fully saturated rings. The summed E-state index contributed by atoms with van der Waals surface area (Å²) in [5.74, 6) is 1.60. The molecule has 0 atom stereocenters. The minimum atomic E-state index is 0.0133. The summed E-state index contributed by atoms with van der Waals surface area (Å²) in [6, 6.07) is 15.2. The number of ether oxygens (including phenoxy) is 2. The molecule has 0 aromatic heterocycles. The second kappa shape index (κ2) is 9.62. The summed E-state index contributed by atoms with van der Waals surface area (Å²) in [6.07, 6.45) is 0. The number of amides is 1. The van der Waals surface area contributed by atoms with Crippen molar-refractivity contribution in [2.24, 2.45) is 0 Å². The van der Waals surface area contributed by atoms with Gasteiger partial charge in [0.25, 0.3) is 5.91 Å². The molecule has 2 aromatic rings. The normalized spacial score (nSPS) is 14.8. The topological polar surface area (TPSA) is 42.0 Å². The Bertz CT molecular complexity index is 743. The fourth-order valence-electron chi connectivity index (χ4n) is 3.09. The van der Waals surface area contributed by atoms with Crippen molar-refractivity contribution < 1.29 is 14.3 Å². The number of halogens is 1. The quantitative estimate of drug-likeness (QED) is 0.728. The van der Waals surface area contributed by atoms with Gasteiger partial charge in [0, 0.05) is 43.3 Å². The molecule has 3 rings (SSSR count). The third kappa shape index (κ3) is 5.62. The molecule has 6 heteroatoms. The number of nitrogens with zero attached hydrogens (tertiary/aromatic N) is 2. The van der Waals surface area contributed by atoms with Gasteiger partial charge in [-0.05, 0) is 37.3 Å². The molecule has 1 amide bonds. The van der Waals surface area contributed by atoms with Gasteiger partial charge >= 0.3 is 0 Å². The van der Waals surface area contributed by atoms with E-state index in [1.165, 1.54) is 5.56 Å². The van der Waals surface area contributed by atoms with Crippen LogP contribution in [0.5, 0.6) is 11.5 Å². The van der Waals surface area contributed by atoms with Crippen LogP contribution in [0.1, 0.15) is 12.5 Å². The predicted octanol–water partition coefficient (Wildman–Crippen LogP) is 3.46. The monoisotopic (exact) mass is 388 g/mol. The van der Waals surface area contributed by atoms with Gasteiger partial charge in [-0.25, -0.2) is 0 Å². The summed E-state index contributed by atoms with van der Waals surface area (Å²) in [5, 5.41) is 0.649. The van der Waals surface area contributed by atoms with Crippen LogP contribution in [0.2, 0.25) is 5.02 Å². The van der Waals surface area contributed by atoms with E-state index in [1.54, 1.807) is 24.3 Å². The first-order valence-corrected chi connectivity index (χ1v) is 9.62. The van der Waals surface area contributed by atoms with E-state index in [4.69, 9.17) is 21.1 Å². The SMILES string of the molecule is CCOc1ccccc1CN1CCN(C(=O)COc2ccc(Cl)cc2)CC1. The molecular weight excluding hydrogens is 364 g/mol. The first-order chi connectivity index (χ1) is 13.2. The van der Waals surface area contributed by atoms with Gasteiger partial charge in [-0.3, -0.25) is 9.69 Å². The summed E-state index contributed by atoms with van der Waals surface area (Å²) in [6.45, 7) is 6.63. The van der Waals surface area contributed by atoms with Crippen molar-refractivity contribution >= 4 is 17.5 Å². The third-order valence-corrected chi connectivity index (χ3v) is 4.82. The van der Waals surface area contributed by atoms with Gasteiger partial charge in [0.05, 0.1) is 6.61 Å². The van der Waals surface area contributed by atoms with Crippen LogP contribution in [0.4, 0.5) is 0 Å². The molecule has 0 N–H and O–H groups in total. The summed E-state index contributed by atoms with van der Waals surface area (Å²) in [4.78, 5) is 16.6. The van der Waals surface area contributed by atoms with Crippen molar-refractivity contribution in [2.45, 2.75) is 13.5 Å². The largest absolute Gasteiger partial charge is 0.494 e. The van der Waals surface area contributed by atoms with Gasteiger partial charge < -0.3 is 14.4 Å². The number of rotatable bonds is 7. The maximum Gasteiger partial charge on any atom is 0.260 e. The van der Waals surface area contributed by atoms with Crippen LogP contribution in [0.3, 0.4) is 0 Å². The molecule has 1 saturated heterocycles. The highest BCUT2D eigenvalue weighted by Crippen LogP contribution is 2.21. The summed E-state index contributed by atoms with van der Waals surface area (Å²) in [5.41, 5.74) is 1.19. The lowest BCUT2D eigenvalue weighted by atomic mass is 10.1. The average molecular weight is 389 g/mol. The maximum atomic E-state index is 12.4. The zero-order valence-electron chi connectivity index (χ0n) is 15.6. The first kappa shape index (κ1) is 19.5. The molecular formula is C21H25ClN2O3. The van der Waals surface area contributed by atoms with Gasteiger partial charge in [0.1, 0.15) is 11.5 Å². The van der Waals surface area contributed by atoms with E-state index in [1.807, 2.05) is 30.0 Å². The van der Waals surface area contributed by atoms with Crippen molar-refractivity contribution in [3.05, 3.63) is 59.1 Å². The first-order valence-electron chi connectivity index (χ1n) is 9.25. The van der Waals surface area contributed by atoms with Gasteiger partial charge in [0.15, 0.2) is 6.61 Å². The van der Waals surface area contributed by atoms with E-state index in [0.717, 1.165) is 25.4 Å². The number of para-hydroxylation sites is 1. The van der Waals surface area contributed by atoms with Crippen LogP contribution in [0.25, 0.3) is 0 Å². The van der Waals surface area contributed by atoms with Crippen LogP contribution in [0, 0.1) is 0 Å². The molecule has 2 aromatic carbocycles. The van der Waals surface area contributed by atoms with E-state index < -0.39 is 0 Å². The fraction of sp³-hybridized carbons (Fsp3) is 0.381. The van der Waals surface area contributed by atoms with E-state index in [2.05, 4.69) is 11.0 Å². The van der Waals surface area contributed by atoms with Crippen LogP contribution < -0.4 is 9.47 Å². The molecule has 1 aliphatic rings. The van der Waals surface area contributed by atoms with Crippen LogP contribution in [0.15, 0.2) is 48.5 Å². The molecule has 1 heterocycles. The minimum absolute atomic E-state index is 0.0133. The van der Waals surface area contributed by atoms with Gasteiger partial charge in [0.2, 0.25) is 0 Å². The van der Waals surface area contributed by atoms with Crippen molar-refractivity contribution in [1.29, 1.82) is 0 Å². The zero-order valence-corrected chi connectivity index (χ0v) is 16.3. The second-order valence-corrected chi connectivity index (χ2v) is 6.88. The maximum absolute atomic E-state index is 12.4. The second-order valence-electron chi connectivity index (χ2n) is 6.44. The molecule has 27 heavy (non-hydrogen) atoms. The highest BCUT2D eigenvalue weighted by atomic mass is 35.5. The Morgan fingerprint density at radius 3 is 2.41 bits per heavy atom. The molecule has 144 valence electrons. The highest BCUT2D eigenvalue weighted by Gasteiger charge is 2.22. The molecule has 0 unspecified atom stereocenters. The molecule has 0 spiro atoms. The fourth-order valence-corrected chi connectivity index (χ4v) is 3.22. The molecule has 0 saturated carbocycles. The van der Waals surface area contributed by atoms with E-state index in [9.17, 15) is 4.79 Å². The summed E-state index contributed by atoms with van der Waals surface area (Å²) >= 11 is 5.85. The number of piperazine rings is 1. The van der Waals surface area contributed by atoms with Gasteiger partial charge in [-0.15, -0.1) is 0 Å². The van der Waals surface area contributed by atoms with Gasteiger partial charge in [-0.2, -0.15) is 0 Å². The summed E-state index contributed by atoms with van der Waals surface area (Å²) < 4.78 is 11.3. The third-order valence-electron chi connectivity index (χ3n) is 4.57. The number of carbonyl (C=O) groups is 1. The lowest BCUT2D eigenvalue weighted by Crippen LogP contribution is -2.49. The minimum Gasteiger partial charge on any atom is -0.494 e. The van der Waals surface area contributed by atoms with E-state index in [-0.39, 0.29) is 12.5 Å². The Morgan fingerprint density at radius 2 is 1.70 bits per heavy atom. The highest BCUT2D eigenvalue weighted by molar-refractivity contribution is 6.30. The number of carbonyl (C=O) groups excluding carboxylic acids is 1. The number of hydrogen-bond acceptors (Lipinski definition) is 4. The Kier molecular flexibility index (Phi) is 6.96. The van der Waals surface area contributed by atoms with Gasteiger partial charge in [-0.1, -0.05) is 29.8 Å². The smallest absolute Gasteiger partial charge is 0.260 e. The van der Waals surface area contributed by atoms with Crippen molar-refractivity contribution in [3.8, 4) is 11.5 Å². The van der Waals surface area contributed by atoms with E-state index >= 15 is 0 Å². The Hall–Kier alpha value is -2.24. The van der Waals surface area contributed by atoms with Crippen molar-refractivity contribution in [3.63, 3.8) is 0 Å². The number of benzene rings is 2. The lowest BCUT2D eigenvalue weighted by Gasteiger charge is -2.34. The summed E-state index contributed by atoms with van der Waals surface area (Å²) in [7, 11) is 0. The molecule has 1 aliphatic heterocycles. The lowest BCUT2D eigenvalue weighted by molar-refractivity contribution is -0.135. The van der Waals surface area contributed by atoms with Crippen molar-refractivity contribution in [2.75, 3.05) is 39.4 Å². The van der Waals surface area contributed by atoms with Crippen molar-refractivity contribution in [1.82, 2.24) is 9.80 Å². The number of hydrogen-bond donors (Lipinski definition) is 0. The predicted molar refractivity (Wildman–Crippen MR) is 106 cm³/mol. The molecule has 5 nitrogen and oxygen atoms in total. The average Bonchev–Trinajstić information content (AvgIpc) is 2.69. The Morgan fingerprint density at radius 1 is 1.00 bits per heavy atom. The molecule has 0 aliphatic carbocycles. The molecule has 0 bridgehead atoms. The standard InChI is InChI=1S/C21H25ClN2O3/c1-2-26-20-6-4-3-5-17(20)15-23-11-13-24(14-12-23)21(25)16-27-19-9-7-18(22)8-10-19/h3-10H,2,11-16H2,1H3. The van der Waals surface area contributed by atoms with E-state index in [0.29, 0.717) is 30.5 Å². The van der Waals surface area contributed by atoms with Crippen LogP contribution in [-0.2, 0) is 11.3 Å². The van der Waals surface area contributed by atoms with Crippen LogP contribution >= 0.6 is 11.6 Å². The zero-order chi connectivity index (χ0) is 19.1. The Labute approximate surface area is 165 Å².